The standard InChI is InChI=1S/C11H20OS2.C2H4O2/c12-8-10-4-2-1-3-9(10)7-11-13-5-6-14-11;1-2(3)4/h9-12H,1-8H2;1H3,(H,3,4). The summed E-state index contributed by atoms with van der Waals surface area (Å²) in [4.78, 5) is 9.00. The fourth-order valence-electron chi connectivity index (χ4n) is 2.63. The Kier molecular flexibility index (Phi) is 8.18. The molecular formula is C13H24O3S2. The lowest BCUT2D eigenvalue weighted by molar-refractivity contribution is -0.134. The maximum absolute atomic E-state index is 9.32. The van der Waals surface area contributed by atoms with Gasteiger partial charge in [0, 0.05) is 25.0 Å². The Morgan fingerprint density at radius 1 is 1.17 bits per heavy atom. The van der Waals surface area contributed by atoms with Gasteiger partial charge in [0.25, 0.3) is 5.97 Å². The highest BCUT2D eigenvalue weighted by atomic mass is 32.2. The molecule has 1 heterocycles. The second-order valence-corrected chi connectivity index (χ2v) is 7.83. The Morgan fingerprint density at radius 2 is 1.67 bits per heavy atom. The summed E-state index contributed by atoms with van der Waals surface area (Å²) in [5.41, 5.74) is 0. The monoisotopic (exact) mass is 292 g/mol. The molecule has 0 aromatic rings. The number of aliphatic carboxylic acids is 1. The van der Waals surface area contributed by atoms with Gasteiger partial charge in [-0.25, -0.2) is 0 Å². The smallest absolute Gasteiger partial charge is 0.300 e. The van der Waals surface area contributed by atoms with Crippen LogP contribution in [0.15, 0.2) is 0 Å². The van der Waals surface area contributed by atoms with E-state index in [0.717, 1.165) is 17.4 Å². The molecule has 2 rings (SSSR count). The molecule has 0 spiro atoms. The van der Waals surface area contributed by atoms with Crippen molar-refractivity contribution in [1.82, 2.24) is 0 Å². The number of hydrogen-bond acceptors (Lipinski definition) is 4. The highest BCUT2D eigenvalue weighted by Gasteiger charge is 2.28. The first-order valence-electron chi connectivity index (χ1n) is 6.67. The van der Waals surface area contributed by atoms with E-state index >= 15 is 0 Å². The largest absolute Gasteiger partial charge is 0.481 e. The van der Waals surface area contributed by atoms with Crippen molar-refractivity contribution in [1.29, 1.82) is 0 Å². The lowest BCUT2D eigenvalue weighted by atomic mass is 9.78. The molecule has 2 N–H and O–H groups in total. The molecule has 0 aromatic heterocycles. The van der Waals surface area contributed by atoms with Crippen molar-refractivity contribution < 1.29 is 15.0 Å². The van der Waals surface area contributed by atoms with Crippen molar-refractivity contribution in [3.63, 3.8) is 0 Å². The van der Waals surface area contributed by atoms with Crippen LogP contribution in [0.25, 0.3) is 0 Å². The number of hydrogen-bond donors (Lipinski definition) is 2. The van der Waals surface area contributed by atoms with Crippen molar-refractivity contribution in [2.45, 2.75) is 43.6 Å². The van der Waals surface area contributed by atoms with E-state index in [1.807, 2.05) is 0 Å². The molecule has 1 saturated heterocycles. The SMILES string of the molecule is CC(=O)O.OCC1CCCCC1CC1SCCS1. The van der Waals surface area contributed by atoms with Gasteiger partial charge in [-0.05, 0) is 24.7 Å². The molecule has 0 bridgehead atoms. The summed E-state index contributed by atoms with van der Waals surface area (Å²) in [6.07, 6.45) is 6.71. The summed E-state index contributed by atoms with van der Waals surface area (Å²) in [7, 11) is 0. The molecule has 1 aliphatic heterocycles. The van der Waals surface area contributed by atoms with E-state index < -0.39 is 5.97 Å². The molecular weight excluding hydrogens is 268 g/mol. The maximum atomic E-state index is 9.32. The van der Waals surface area contributed by atoms with Crippen LogP contribution in [-0.2, 0) is 4.79 Å². The number of carboxylic acids is 1. The Balaban J connectivity index is 0.000000357. The number of carbonyl (C=O) groups is 1. The van der Waals surface area contributed by atoms with Crippen LogP contribution in [0.2, 0.25) is 0 Å². The van der Waals surface area contributed by atoms with Crippen molar-refractivity contribution in [3.05, 3.63) is 0 Å². The summed E-state index contributed by atoms with van der Waals surface area (Å²) >= 11 is 4.26. The number of aliphatic hydroxyl groups excluding tert-OH is 1. The minimum Gasteiger partial charge on any atom is -0.481 e. The van der Waals surface area contributed by atoms with Crippen molar-refractivity contribution in [2.75, 3.05) is 18.1 Å². The lowest BCUT2D eigenvalue weighted by Gasteiger charge is -2.31. The molecule has 2 unspecified atom stereocenters. The van der Waals surface area contributed by atoms with E-state index in [1.165, 1.54) is 43.6 Å². The molecule has 18 heavy (non-hydrogen) atoms. The van der Waals surface area contributed by atoms with Crippen molar-refractivity contribution in [2.24, 2.45) is 11.8 Å². The van der Waals surface area contributed by atoms with Crippen LogP contribution in [0.5, 0.6) is 0 Å². The molecule has 1 saturated carbocycles. The predicted octanol–water partition coefficient (Wildman–Crippen LogP) is 3.07. The second-order valence-electron chi connectivity index (χ2n) is 4.91. The number of carboxylic acid groups (broad SMARTS) is 1. The molecule has 3 nitrogen and oxygen atoms in total. The molecule has 0 amide bonds. The third-order valence-corrected chi connectivity index (χ3v) is 6.57. The van der Waals surface area contributed by atoms with Crippen molar-refractivity contribution in [3.8, 4) is 0 Å². The molecule has 106 valence electrons. The lowest BCUT2D eigenvalue weighted by Crippen LogP contribution is -2.24. The van der Waals surface area contributed by atoms with Gasteiger partial charge in [-0.3, -0.25) is 4.79 Å². The summed E-state index contributed by atoms with van der Waals surface area (Å²) < 4.78 is 0.840. The van der Waals surface area contributed by atoms with E-state index in [9.17, 15) is 5.11 Å². The van der Waals surface area contributed by atoms with Crippen molar-refractivity contribution >= 4 is 29.5 Å². The Morgan fingerprint density at radius 3 is 2.17 bits per heavy atom. The minimum atomic E-state index is -0.833. The molecule has 0 aromatic carbocycles. The molecule has 5 heteroatoms. The zero-order valence-electron chi connectivity index (χ0n) is 11.0. The van der Waals surface area contributed by atoms with Gasteiger partial charge < -0.3 is 10.2 Å². The normalized spacial score (nSPS) is 28.6. The van der Waals surface area contributed by atoms with Gasteiger partial charge in [0.05, 0.1) is 4.58 Å². The highest BCUT2D eigenvalue weighted by molar-refractivity contribution is 8.20. The molecule has 0 radical (unpaired) electrons. The zero-order chi connectivity index (χ0) is 13.4. The van der Waals surface area contributed by atoms with Crippen LogP contribution in [-0.4, -0.2) is 38.9 Å². The fraction of sp³-hybridized carbons (Fsp3) is 0.923. The van der Waals surface area contributed by atoms with Gasteiger partial charge in [-0.2, -0.15) is 0 Å². The average molecular weight is 292 g/mol. The Bertz CT molecular complexity index is 238. The van der Waals surface area contributed by atoms with Crippen LogP contribution in [0.1, 0.15) is 39.0 Å². The number of rotatable bonds is 3. The predicted molar refractivity (Wildman–Crippen MR) is 79.2 cm³/mol. The topological polar surface area (TPSA) is 57.5 Å². The van der Waals surface area contributed by atoms with E-state index in [4.69, 9.17) is 9.90 Å². The average Bonchev–Trinajstić information content (AvgIpc) is 2.82. The Hall–Kier alpha value is 0.130. The summed E-state index contributed by atoms with van der Waals surface area (Å²) in [6.45, 7) is 1.51. The maximum Gasteiger partial charge on any atom is 0.300 e. The van der Waals surface area contributed by atoms with Crippen LogP contribution in [0.4, 0.5) is 0 Å². The van der Waals surface area contributed by atoms with Gasteiger partial charge >= 0.3 is 0 Å². The van der Waals surface area contributed by atoms with Gasteiger partial charge in [0.1, 0.15) is 0 Å². The van der Waals surface area contributed by atoms with Gasteiger partial charge in [0.15, 0.2) is 0 Å². The van der Waals surface area contributed by atoms with Crippen LogP contribution in [0.3, 0.4) is 0 Å². The summed E-state index contributed by atoms with van der Waals surface area (Å²) in [5, 5.41) is 16.7. The quantitative estimate of drug-likeness (QED) is 0.837. The summed E-state index contributed by atoms with van der Waals surface area (Å²) in [5.74, 6) is 3.28. The fourth-order valence-corrected chi connectivity index (χ4v) is 5.65. The van der Waals surface area contributed by atoms with E-state index in [2.05, 4.69) is 23.5 Å². The highest BCUT2D eigenvalue weighted by Crippen LogP contribution is 2.41. The molecule has 1 aliphatic carbocycles. The number of aliphatic hydroxyl groups is 1. The van der Waals surface area contributed by atoms with E-state index in [-0.39, 0.29) is 0 Å². The first-order chi connectivity index (χ1) is 8.63. The van der Waals surface area contributed by atoms with Crippen LogP contribution < -0.4 is 0 Å². The first kappa shape index (κ1) is 16.2. The third-order valence-electron chi connectivity index (χ3n) is 3.49. The van der Waals surface area contributed by atoms with Crippen LogP contribution >= 0.6 is 23.5 Å². The zero-order valence-corrected chi connectivity index (χ0v) is 12.6. The van der Waals surface area contributed by atoms with Gasteiger partial charge in [0.2, 0.25) is 0 Å². The van der Waals surface area contributed by atoms with Crippen LogP contribution in [0, 0.1) is 11.8 Å². The minimum absolute atomic E-state index is 0.423. The third kappa shape index (κ3) is 6.34. The van der Waals surface area contributed by atoms with Gasteiger partial charge in [-0.1, -0.05) is 19.3 Å². The van der Waals surface area contributed by atoms with Gasteiger partial charge in [-0.15, -0.1) is 23.5 Å². The molecule has 2 aliphatic rings. The Labute approximate surface area is 118 Å². The van der Waals surface area contributed by atoms with E-state index in [1.54, 1.807) is 0 Å². The number of thioether (sulfide) groups is 2. The summed E-state index contributed by atoms with van der Waals surface area (Å²) in [6, 6.07) is 0. The first-order valence-corrected chi connectivity index (χ1v) is 8.76. The second kappa shape index (κ2) is 9.10. The van der Waals surface area contributed by atoms with E-state index in [0.29, 0.717) is 12.5 Å². The molecule has 2 atom stereocenters. The molecule has 2 fully saturated rings.